The number of hydrogen-bond acceptors (Lipinski definition) is 6. The second kappa shape index (κ2) is 29.8. The first-order chi connectivity index (χ1) is 7.15. The van der Waals surface area contributed by atoms with Crippen LogP contribution in [0.5, 0.6) is 0 Å². The van der Waals surface area contributed by atoms with Gasteiger partial charge in [-0.05, 0) is 6.42 Å². The van der Waals surface area contributed by atoms with Crippen molar-refractivity contribution in [3.8, 4) is 0 Å². The van der Waals surface area contributed by atoms with Crippen molar-refractivity contribution in [1.29, 1.82) is 0 Å². The van der Waals surface area contributed by atoms with E-state index >= 15 is 0 Å². The molecule has 18 heavy (non-hydrogen) atoms. The third-order valence-corrected chi connectivity index (χ3v) is 1.25. The third kappa shape index (κ3) is 59.9. The van der Waals surface area contributed by atoms with Crippen molar-refractivity contribution in [2.45, 2.75) is 19.8 Å². The van der Waals surface area contributed by atoms with Gasteiger partial charge in [-0.1, -0.05) is 13.3 Å². The van der Waals surface area contributed by atoms with Crippen LogP contribution < -0.4 is 12.3 Å². The molecule has 9 heteroatoms. The molecule has 0 saturated heterocycles. The predicted molar refractivity (Wildman–Crippen MR) is 67.9 cm³/mol. The first-order valence-corrected chi connectivity index (χ1v) is 4.83. The van der Waals surface area contributed by atoms with Gasteiger partial charge in [-0.2, -0.15) is 0 Å². The van der Waals surface area contributed by atoms with Crippen LogP contribution in [0.1, 0.15) is 19.8 Å². The Labute approximate surface area is 107 Å². The molecule has 0 spiro atoms. The number of hydrogen-bond donors (Lipinski definition) is 5. The summed E-state index contributed by atoms with van der Waals surface area (Å²) in [4.78, 5) is 8.56. The molecular formula is C9H28N2O7. The Morgan fingerprint density at radius 3 is 1.72 bits per heavy atom. The number of aliphatic hydroxyl groups is 1. The van der Waals surface area contributed by atoms with Crippen LogP contribution in [0.15, 0.2) is 0 Å². The van der Waals surface area contributed by atoms with Gasteiger partial charge in [0, 0.05) is 6.61 Å². The summed E-state index contributed by atoms with van der Waals surface area (Å²) in [5.41, 5.74) is 0. The minimum Gasteiger partial charge on any atom is -0.450 e. The monoisotopic (exact) mass is 276 g/mol. The smallest absolute Gasteiger partial charge is 0.450 e. The van der Waals surface area contributed by atoms with E-state index < -0.39 is 6.16 Å². The predicted octanol–water partition coefficient (Wildman–Crippen LogP) is 0.534. The molecule has 0 unspecified atom stereocenters. The van der Waals surface area contributed by atoms with Crippen LogP contribution in [-0.2, 0) is 9.47 Å². The Balaban J connectivity index is -0.0000000712. The number of ether oxygens (including phenoxy) is 2. The number of carbonyl (C=O) groups is 1. The van der Waals surface area contributed by atoms with Gasteiger partial charge in [-0.15, -0.1) is 0 Å². The molecule has 116 valence electrons. The number of carboxylic acid groups (broad SMARTS) is 2. The fourth-order valence-electron chi connectivity index (χ4n) is 0.633. The van der Waals surface area contributed by atoms with Crippen molar-refractivity contribution < 1.29 is 35.1 Å². The van der Waals surface area contributed by atoms with Crippen LogP contribution in [0.4, 0.5) is 4.79 Å². The molecule has 0 aromatic heterocycles. The maximum absolute atomic E-state index is 8.56. The number of aliphatic hydroxyl groups excluding tert-OH is 1. The molecular weight excluding hydrogens is 248 g/mol. The Hall–Kier alpha value is -0.970. The third-order valence-electron chi connectivity index (χ3n) is 1.25. The molecule has 0 saturated carbocycles. The zero-order valence-corrected chi connectivity index (χ0v) is 10.9. The second-order valence-electron chi connectivity index (χ2n) is 2.58. The summed E-state index contributed by atoms with van der Waals surface area (Å²) in [5, 5.41) is 22.3. The number of unbranched alkanes of at least 4 members (excludes halogenated alkanes) is 1. The maximum atomic E-state index is 8.56. The van der Waals surface area contributed by atoms with Gasteiger partial charge in [0.05, 0.1) is 26.4 Å². The van der Waals surface area contributed by atoms with Crippen molar-refractivity contribution in [1.82, 2.24) is 12.3 Å². The van der Waals surface area contributed by atoms with Gasteiger partial charge in [0.2, 0.25) is 0 Å². The second-order valence-corrected chi connectivity index (χ2v) is 2.58. The normalized spacial score (nSPS) is 7.67. The number of rotatable bonds is 8. The van der Waals surface area contributed by atoms with Crippen molar-refractivity contribution in [3.63, 3.8) is 0 Å². The van der Waals surface area contributed by atoms with E-state index in [1.165, 1.54) is 0 Å². The Kier molecular flexibility index (Phi) is 50.0. The van der Waals surface area contributed by atoms with Crippen LogP contribution in [-0.4, -0.2) is 60.0 Å². The maximum Gasteiger partial charge on any atom is 0.503 e. The zero-order chi connectivity index (χ0) is 11.9. The average molecular weight is 276 g/mol. The lowest BCUT2D eigenvalue weighted by Crippen LogP contribution is -2.07. The summed E-state index contributed by atoms with van der Waals surface area (Å²) >= 11 is 0. The van der Waals surface area contributed by atoms with Crippen LogP contribution in [0.3, 0.4) is 0 Å². The van der Waals surface area contributed by atoms with Gasteiger partial charge in [-0.3, -0.25) is 0 Å². The fraction of sp³-hybridized carbons (Fsp3) is 0.889. The molecule has 0 atom stereocenters. The highest BCUT2D eigenvalue weighted by atomic mass is 16.6. The van der Waals surface area contributed by atoms with Crippen molar-refractivity contribution in [3.05, 3.63) is 0 Å². The highest BCUT2D eigenvalue weighted by Gasteiger charge is 1.87. The minimum absolute atomic E-state index is 0. The van der Waals surface area contributed by atoms with E-state index in [1.807, 2.05) is 0 Å². The van der Waals surface area contributed by atoms with E-state index in [0.29, 0.717) is 19.8 Å². The molecule has 0 aliphatic rings. The quantitative estimate of drug-likeness (QED) is 0.395. The summed E-state index contributed by atoms with van der Waals surface area (Å²) in [5.74, 6) is 0. The first-order valence-electron chi connectivity index (χ1n) is 4.83. The van der Waals surface area contributed by atoms with Crippen molar-refractivity contribution >= 4 is 6.16 Å². The van der Waals surface area contributed by atoms with E-state index in [9.17, 15) is 0 Å². The molecule has 0 aliphatic heterocycles. The average Bonchev–Trinajstić information content (AvgIpc) is 2.16. The Morgan fingerprint density at radius 2 is 1.39 bits per heavy atom. The van der Waals surface area contributed by atoms with Gasteiger partial charge < -0.3 is 42.6 Å². The molecule has 0 rings (SSSR count). The summed E-state index contributed by atoms with van der Waals surface area (Å²) in [7, 11) is 0. The molecule has 0 fully saturated rings. The Bertz CT molecular complexity index is 126. The van der Waals surface area contributed by atoms with Crippen LogP contribution >= 0.6 is 0 Å². The molecule has 9 nitrogen and oxygen atoms in total. The van der Waals surface area contributed by atoms with Crippen LogP contribution in [0, 0.1) is 0 Å². The van der Waals surface area contributed by atoms with Crippen LogP contribution in [0.2, 0.25) is 0 Å². The van der Waals surface area contributed by atoms with Crippen molar-refractivity contribution in [2.75, 3.05) is 33.0 Å². The van der Waals surface area contributed by atoms with E-state index in [0.717, 1.165) is 19.4 Å². The Morgan fingerprint density at radius 1 is 1.00 bits per heavy atom. The molecule has 0 bridgehead atoms. The fourth-order valence-corrected chi connectivity index (χ4v) is 0.633. The van der Waals surface area contributed by atoms with Crippen LogP contribution in [0.25, 0.3) is 0 Å². The minimum atomic E-state index is -1.83. The lowest BCUT2D eigenvalue weighted by Gasteiger charge is -2.02. The molecule has 0 aromatic rings. The first kappa shape index (κ1) is 30.2. The molecule has 11 N–H and O–H groups in total. The molecule has 0 amide bonds. The summed E-state index contributed by atoms with van der Waals surface area (Å²) in [6.45, 7) is 4.68. The standard InChI is InChI=1S/C8H18O3.CH2O3.2H3N.H2O/c1-2-3-5-10-7-8-11-6-4-9;2-1(3)4;;;/h9H,2-8H2,1H3;(H2,2,3,4);2*1H3;1H2. The summed E-state index contributed by atoms with van der Waals surface area (Å²) in [6.07, 6.45) is 0.442. The summed E-state index contributed by atoms with van der Waals surface area (Å²) in [6, 6.07) is 0. The van der Waals surface area contributed by atoms with Gasteiger partial charge >= 0.3 is 6.16 Å². The lowest BCUT2D eigenvalue weighted by molar-refractivity contribution is 0.0324. The molecule has 0 aliphatic carbocycles. The van der Waals surface area contributed by atoms with Crippen molar-refractivity contribution in [2.24, 2.45) is 0 Å². The van der Waals surface area contributed by atoms with E-state index in [2.05, 4.69) is 6.92 Å². The van der Waals surface area contributed by atoms with E-state index in [4.69, 9.17) is 29.6 Å². The largest absolute Gasteiger partial charge is 0.503 e. The van der Waals surface area contributed by atoms with Gasteiger partial charge in [-0.25, -0.2) is 4.79 Å². The van der Waals surface area contributed by atoms with E-state index in [1.54, 1.807) is 0 Å². The van der Waals surface area contributed by atoms with Gasteiger partial charge in [0.15, 0.2) is 0 Å². The highest BCUT2D eigenvalue weighted by Crippen LogP contribution is 1.87. The van der Waals surface area contributed by atoms with Gasteiger partial charge in [0.1, 0.15) is 0 Å². The summed E-state index contributed by atoms with van der Waals surface area (Å²) < 4.78 is 10.2. The topological polar surface area (TPSA) is 198 Å². The molecule has 0 heterocycles. The SMILES string of the molecule is CCCCOCCOCCO.N.N.O.O=C(O)O. The zero-order valence-electron chi connectivity index (χ0n) is 10.9. The van der Waals surface area contributed by atoms with Gasteiger partial charge in [0.25, 0.3) is 0 Å². The molecule has 0 radical (unpaired) electrons. The van der Waals surface area contributed by atoms with E-state index in [-0.39, 0.29) is 24.4 Å². The highest BCUT2D eigenvalue weighted by molar-refractivity contribution is 5.53. The lowest BCUT2D eigenvalue weighted by atomic mass is 10.4. The molecule has 0 aromatic carbocycles.